The number of hydrogen-bond donors (Lipinski definition) is 2. The maximum atomic E-state index is 12.1. The van der Waals surface area contributed by atoms with Gasteiger partial charge >= 0.3 is 0 Å². The smallest absolute Gasteiger partial charge is 0.279 e. The number of nitrogens with one attached hydrogen (secondary N) is 2. The molecule has 0 saturated carbocycles. The van der Waals surface area contributed by atoms with Crippen LogP contribution in [-0.2, 0) is 10.2 Å². The van der Waals surface area contributed by atoms with Crippen LogP contribution in [0.3, 0.4) is 0 Å². The average molecular weight is 322 g/mol. The molecule has 0 aliphatic rings. The Morgan fingerprint density at radius 2 is 1.76 bits per heavy atom. The highest BCUT2D eigenvalue weighted by Crippen LogP contribution is 2.12. The van der Waals surface area contributed by atoms with Gasteiger partial charge in [-0.15, -0.1) is 0 Å². The molecular formula is C15H35N3O2S. The van der Waals surface area contributed by atoms with Crippen molar-refractivity contribution in [3.8, 4) is 0 Å². The van der Waals surface area contributed by atoms with E-state index in [1.165, 1.54) is 10.7 Å². The molecule has 0 rings (SSSR count). The zero-order valence-electron chi connectivity index (χ0n) is 14.3. The number of unbranched alkanes of at least 4 members (excludes halogenated alkanes) is 1. The van der Waals surface area contributed by atoms with Gasteiger partial charge in [0.1, 0.15) is 0 Å². The second-order valence-electron chi connectivity index (χ2n) is 5.70. The lowest BCUT2D eigenvalue weighted by atomic mass is 10.00. The highest BCUT2D eigenvalue weighted by atomic mass is 32.2. The fourth-order valence-corrected chi connectivity index (χ4v) is 3.16. The molecule has 0 radical (unpaired) electrons. The van der Waals surface area contributed by atoms with Gasteiger partial charge in [-0.1, -0.05) is 40.0 Å². The molecule has 5 nitrogen and oxygen atoms in total. The summed E-state index contributed by atoms with van der Waals surface area (Å²) >= 11 is 0. The van der Waals surface area contributed by atoms with E-state index in [1.807, 2.05) is 0 Å². The predicted octanol–water partition coefficient (Wildman–Crippen LogP) is 2.36. The standard InChI is InChI=1S/C15H35N3O2S/c1-5-8-10-15(7-3)14-17-21(19,20)18(4)13-9-12-16-11-6-2/h15-17H,5-14H2,1-4H3. The Kier molecular flexibility index (Phi) is 12.3. The zero-order valence-corrected chi connectivity index (χ0v) is 15.1. The van der Waals surface area contributed by atoms with Crippen molar-refractivity contribution < 1.29 is 8.42 Å². The van der Waals surface area contributed by atoms with E-state index in [9.17, 15) is 8.42 Å². The van der Waals surface area contributed by atoms with E-state index in [0.29, 0.717) is 19.0 Å². The quantitative estimate of drug-likeness (QED) is 0.483. The Hall–Kier alpha value is -0.170. The summed E-state index contributed by atoms with van der Waals surface area (Å²) in [6.45, 7) is 9.37. The van der Waals surface area contributed by atoms with E-state index in [1.54, 1.807) is 7.05 Å². The van der Waals surface area contributed by atoms with E-state index in [4.69, 9.17) is 0 Å². The van der Waals surface area contributed by atoms with Crippen molar-refractivity contribution in [2.45, 2.75) is 59.3 Å². The lowest BCUT2D eigenvalue weighted by Gasteiger charge is -2.20. The van der Waals surface area contributed by atoms with Crippen molar-refractivity contribution >= 4 is 10.2 Å². The molecule has 0 spiro atoms. The van der Waals surface area contributed by atoms with Gasteiger partial charge in [-0.25, -0.2) is 4.72 Å². The van der Waals surface area contributed by atoms with Gasteiger partial charge in [-0.3, -0.25) is 0 Å². The van der Waals surface area contributed by atoms with Gasteiger partial charge < -0.3 is 5.32 Å². The molecule has 1 atom stereocenters. The second kappa shape index (κ2) is 12.4. The summed E-state index contributed by atoms with van der Waals surface area (Å²) in [5.41, 5.74) is 0. The third-order valence-corrected chi connectivity index (χ3v) is 5.30. The molecule has 0 aromatic carbocycles. The average Bonchev–Trinajstić information content (AvgIpc) is 2.47. The third kappa shape index (κ3) is 10.2. The highest BCUT2D eigenvalue weighted by Gasteiger charge is 2.18. The van der Waals surface area contributed by atoms with Gasteiger partial charge in [-0.05, 0) is 38.3 Å². The van der Waals surface area contributed by atoms with Crippen LogP contribution in [0.25, 0.3) is 0 Å². The molecule has 0 aliphatic carbocycles. The maximum absolute atomic E-state index is 12.1. The molecule has 0 amide bonds. The first-order chi connectivity index (χ1) is 9.97. The van der Waals surface area contributed by atoms with Crippen LogP contribution in [-0.4, -0.2) is 45.9 Å². The molecule has 128 valence electrons. The molecule has 21 heavy (non-hydrogen) atoms. The first kappa shape index (κ1) is 20.8. The van der Waals surface area contributed by atoms with Crippen LogP contribution in [0, 0.1) is 5.92 Å². The fourth-order valence-electron chi connectivity index (χ4n) is 2.13. The van der Waals surface area contributed by atoms with Crippen molar-refractivity contribution in [1.29, 1.82) is 0 Å². The van der Waals surface area contributed by atoms with Crippen molar-refractivity contribution in [3.05, 3.63) is 0 Å². The van der Waals surface area contributed by atoms with E-state index >= 15 is 0 Å². The molecule has 0 aromatic heterocycles. The van der Waals surface area contributed by atoms with E-state index in [0.717, 1.165) is 45.2 Å². The number of nitrogens with zero attached hydrogens (tertiary/aromatic N) is 1. The highest BCUT2D eigenvalue weighted by molar-refractivity contribution is 7.87. The lowest BCUT2D eigenvalue weighted by Crippen LogP contribution is -2.41. The second-order valence-corrected chi connectivity index (χ2v) is 7.56. The molecule has 0 heterocycles. The lowest BCUT2D eigenvalue weighted by molar-refractivity contribution is 0.416. The van der Waals surface area contributed by atoms with E-state index in [-0.39, 0.29) is 0 Å². The van der Waals surface area contributed by atoms with Gasteiger partial charge in [0.15, 0.2) is 0 Å². The van der Waals surface area contributed by atoms with E-state index in [2.05, 4.69) is 30.8 Å². The Morgan fingerprint density at radius 3 is 2.33 bits per heavy atom. The Balaban J connectivity index is 4.03. The van der Waals surface area contributed by atoms with Crippen LogP contribution in [0.15, 0.2) is 0 Å². The monoisotopic (exact) mass is 321 g/mol. The Bertz CT molecular complexity index is 334. The summed E-state index contributed by atoms with van der Waals surface area (Å²) in [5.74, 6) is 0.444. The minimum Gasteiger partial charge on any atom is -0.317 e. The molecule has 0 aromatic rings. The molecule has 0 fully saturated rings. The van der Waals surface area contributed by atoms with Crippen molar-refractivity contribution in [2.75, 3.05) is 33.2 Å². The minimum atomic E-state index is -3.33. The Labute approximate surface area is 132 Å². The normalized spacial score (nSPS) is 13.8. The summed E-state index contributed by atoms with van der Waals surface area (Å²) in [6.07, 6.45) is 6.39. The Morgan fingerprint density at radius 1 is 1.05 bits per heavy atom. The van der Waals surface area contributed by atoms with Crippen molar-refractivity contribution in [3.63, 3.8) is 0 Å². The molecule has 0 bridgehead atoms. The van der Waals surface area contributed by atoms with Crippen molar-refractivity contribution in [1.82, 2.24) is 14.3 Å². The molecule has 1 unspecified atom stereocenters. The van der Waals surface area contributed by atoms with Crippen molar-refractivity contribution in [2.24, 2.45) is 5.92 Å². The summed E-state index contributed by atoms with van der Waals surface area (Å²) in [7, 11) is -1.68. The minimum absolute atomic E-state index is 0.444. The maximum Gasteiger partial charge on any atom is 0.279 e. The summed E-state index contributed by atoms with van der Waals surface area (Å²) in [6, 6.07) is 0. The van der Waals surface area contributed by atoms with E-state index < -0.39 is 10.2 Å². The first-order valence-corrected chi connectivity index (χ1v) is 9.83. The van der Waals surface area contributed by atoms with Crippen LogP contribution in [0.5, 0.6) is 0 Å². The van der Waals surface area contributed by atoms with Gasteiger partial charge in [0.25, 0.3) is 10.2 Å². The van der Waals surface area contributed by atoms with Crippen LogP contribution in [0.1, 0.15) is 59.3 Å². The van der Waals surface area contributed by atoms with Gasteiger partial charge in [0.2, 0.25) is 0 Å². The molecule has 2 N–H and O–H groups in total. The summed E-state index contributed by atoms with van der Waals surface area (Å²) in [5, 5.41) is 3.28. The molecule has 6 heteroatoms. The summed E-state index contributed by atoms with van der Waals surface area (Å²) in [4.78, 5) is 0. The van der Waals surface area contributed by atoms with Crippen LogP contribution < -0.4 is 10.0 Å². The molecule has 0 aliphatic heterocycles. The van der Waals surface area contributed by atoms with Crippen LogP contribution in [0.2, 0.25) is 0 Å². The predicted molar refractivity (Wildman–Crippen MR) is 90.6 cm³/mol. The molecule has 0 saturated heterocycles. The fraction of sp³-hybridized carbons (Fsp3) is 1.00. The van der Waals surface area contributed by atoms with Crippen LogP contribution in [0.4, 0.5) is 0 Å². The largest absolute Gasteiger partial charge is 0.317 e. The topological polar surface area (TPSA) is 61.4 Å². The first-order valence-electron chi connectivity index (χ1n) is 8.39. The van der Waals surface area contributed by atoms with Gasteiger partial charge in [-0.2, -0.15) is 12.7 Å². The van der Waals surface area contributed by atoms with Gasteiger partial charge in [0, 0.05) is 20.1 Å². The number of rotatable bonds is 14. The third-order valence-electron chi connectivity index (χ3n) is 3.76. The molecular weight excluding hydrogens is 286 g/mol. The zero-order chi connectivity index (χ0) is 16.1. The SMILES string of the molecule is CCCCC(CC)CNS(=O)(=O)N(C)CCCNCCC. The van der Waals surface area contributed by atoms with Gasteiger partial charge in [0.05, 0.1) is 0 Å². The summed E-state index contributed by atoms with van der Waals surface area (Å²) < 4.78 is 28.5. The van der Waals surface area contributed by atoms with Crippen LogP contribution >= 0.6 is 0 Å². The number of hydrogen-bond acceptors (Lipinski definition) is 3.